The first-order valence-corrected chi connectivity index (χ1v) is 8.84. The number of hydrogen-bond acceptors (Lipinski definition) is 5. The zero-order chi connectivity index (χ0) is 20.0. The Labute approximate surface area is 158 Å². The van der Waals surface area contributed by atoms with Gasteiger partial charge >= 0.3 is 5.97 Å². The predicted octanol–water partition coefficient (Wildman–Crippen LogP) is 1.43. The first-order valence-electron chi connectivity index (χ1n) is 8.84. The van der Waals surface area contributed by atoms with Crippen molar-refractivity contribution in [2.75, 3.05) is 31.8 Å². The summed E-state index contributed by atoms with van der Waals surface area (Å²) in [5, 5.41) is 11.8. The topological polar surface area (TPSA) is 105 Å². The van der Waals surface area contributed by atoms with E-state index in [0.717, 1.165) is 0 Å². The summed E-state index contributed by atoms with van der Waals surface area (Å²) in [6.45, 7) is 4.21. The van der Waals surface area contributed by atoms with E-state index >= 15 is 0 Å². The highest BCUT2D eigenvalue weighted by atomic mass is 16.5. The number of aliphatic carboxylic acids is 1. The fraction of sp³-hybridized carbons (Fsp3) is 0.526. The minimum atomic E-state index is -1.04. The Hall–Kier alpha value is -2.61. The van der Waals surface area contributed by atoms with Crippen LogP contribution in [0.15, 0.2) is 24.3 Å². The molecule has 1 fully saturated rings. The van der Waals surface area contributed by atoms with Gasteiger partial charge in [-0.3, -0.25) is 14.4 Å². The molecule has 1 aromatic rings. The number of carbonyl (C=O) groups excluding carboxylic acids is 2. The molecule has 27 heavy (non-hydrogen) atoms. The summed E-state index contributed by atoms with van der Waals surface area (Å²) in [6.07, 6.45) is -0.216. The van der Waals surface area contributed by atoms with E-state index in [1.807, 2.05) is 13.0 Å². The van der Waals surface area contributed by atoms with Crippen LogP contribution in [0.4, 0.5) is 5.69 Å². The highest BCUT2D eigenvalue weighted by molar-refractivity contribution is 6.01. The molecule has 2 atom stereocenters. The first kappa shape index (κ1) is 20.7. The van der Waals surface area contributed by atoms with Gasteiger partial charge in [-0.2, -0.15) is 0 Å². The number of hydrogen-bond donors (Lipinski definition) is 2. The lowest BCUT2D eigenvalue weighted by molar-refractivity contribution is -0.140. The van der Waals surface area contributed by atoms with E-state index in [2.05, 4.69) is 5.32 Å². The van der Waals surface area contributed by atoms with Gasteiger partial charge in [0.15, 0.2) is 0 Å². The van der Waals surface area contributed by atoms with E-state index in [9.17, 15) is 14.4 Å². The van der Waals surface area contributed by atoms with Crippen molar-refractivity contribution in [2.45, 2.75) is 32.2 Å². The number of benzene rings is 1. The van der Waals surface area contributed by atoms with Crippen LogP contribution in [0.3, 0.4) is 0 Å². The first-order chi connectivity index (χ1) is 12.8. The molecule has 0 aromatic heterocycles. The van der Waals surface area contributed by atoms with Crippen LogP contribution >= 0.6 is 0 Å². The van der Waals surface area contributed by atoms with Gasteiger partial charge < -0.3 is 24.8 Å². The molecular weight excluding hydrogens is 352 g/mol. The van der Waals surface area contributed by atoms with E-state index in [-0.39, 0.29) is 37.8 Å². The second-order valence-electron chi connectivity index (χ2n) is 6.86. The van der Waals surface area contributed by atoms with E-state index in [0.29, 0.717) is 18.0 Å². The predicted molar refractivity (Wildman–Crippen MR) is 98.7 cm³/mol. The molecule has 8 nitrogen and oxygen atoms in total. The molecule has 2 N–H and O–H groups in total. The molecule has 0 bridgehead atoms. The molecule has 148 valence electrons. The van der Waals surface area contributed by atoms with E-state index in [4.69, 9.17) is 14.6 Å². The molecule has 1 aliphatic rings. The number of nitrogens with zero attached hydrogens (tertiary/aromatic N) is 1. The third-order valence-electron chi connectivity index (χ3n) is 4.38. The minimum Gasteiger partial charge on any atom is -0.492 e. The van der Waals surface area contributed by atoms with Gasteiger partial charge in [-0.1, -0.05) is 12.1 Å². The fourth-order valence-electron chi connectivity index (χ4n) is 3.26. The number of ether oxygens (including phenoxy) is 2. The van der Waals surface area contributed by atoms with Crippen LogP contribution < -0.4 is 15.0 Å². The Balaban J connectivity index is 2.12. The van der Waals surface area contributed by atoms with E-state index in [1.54, 1.807) is 30.0 Å². The van der Waals surface area contributed by atoms with Crippen molar-refractivity contribution >= 4 is 23.5 Å². The number of amides is 2. The van der Waals surface area contributed by atoms with Gasteiger partial charge in [0, 0.05) is 20.1 Å². The van der Waals surface area contributed by atoms with Crippen molar-refractivity contribution in [3.05, 3.63) is 24.3 Å². The molecule has 1 saturated heterocycles. The van der Waals surface area contributed by atoms with Crippen LogP contribution in [0.2, 0.25) is 0 Å². The lowest BCUT2D eigenvalue weighted by Crippen LogP contribution is -2.52. The Morgan fingerprint density at radius 1 is 1.37 bits per heavy atom. The molecule has 2 unspecified atom stereocenters. The Bertz CT molecular complexity index is 707. The highest BCUT2D eigenvalue weighted by Gasteiger charge is 2.39. The molecular formula is C19H26N2O6. The molecule has 1 aliphatic heterocycles. The van der Waals surface area contributed by atoms with Crippen LogP contribution in [0.1, 0.15) is 26.7 Å². The van der Waals surface area contributed by atoms with Crippen LogP contribution in [-0.2, 0) is 19.1 Å². The van der Waals surface area contributed by atoms with Crippen LogP contribution in [0.5, 0.6) is 5.75 Å². The van der Waals surface area contributed by atoms with Crippen molar-refractivity contribution in [3.8, 4) is 5.75 Å². The van der Waals surface area contributed by atoms with Crippen LogP contribution in [0, 0.1) is 5.92 Å². The standard InChI is InChI=1S/C19H26N2O6/c1-4-27-15-8-6-5-7-14(15)21-11-13(9-16(21)22)18(25)20-19(2,12-26-3)10-17(23)24/h5-8,13H,4,9-12H2,1-3H3,(H,20,25)(H,23,24). The zero-order valence-electron chi connectivity index (χ0n) is 15.9. The summed E-state index contributed by atoms with van der Waals surface area (Å²) in [5.74, 6) is -1.55. The summed E-state index contributed by atoms with van der Waals surface area (Å²) < 4.78 is 10.6. The summed E-state index contributed by atoms with van der Waals surface area (Å²) >= 11 is 0. The monoisotopic (exact) mass is 378 g/mol. The van der Waals surface area contributed by atoms with Gasteiger partial charge in [-0.15, -0.1) is 0 Å². The van der Waals surface area contributed by atoms with Gasteiger partial charge in [0.05, 0.1) is 36.8 Å². The molecule has 0 aliphatic carbocycles. The zero-order valence-corrected chi connectivity index (χ0v) is 15.9. The summed E-state index contributed by atoms with van der Waals surface area (Å²) in [6, 6.07) is 7.19. The molecule has 1 aromatic carbocycles. The van der Waals surface area contributed by atoms with Crippen molar-refractivity contribution in [1.29, 1.82) is 0 Å². The number of methoxy groups -OCH3 is 1. The smallest absolute Gasteiger partial charge is 0.305 e. The third-order valence-corrected chi connectivity index (χ3v) is 4.38. The molecule has 0 saturated carbocycles. The summed E-state index contributed by atoms with van der Waals surface area (Å²) in [7, 11) is 1.44. The largest absolute Gasteiger partial charge is 0.492 e. The summed E-state index contributed by atoms with van der Waals surface area (Å²) in [5.41, 5.74) is -0.415. The Morgan fingerprint density at radius 2 is 2.07 bits per heavy atom. The number of para-hydroxylation sites is 2. The third kappa shape index (κ3) is 5.19. The van der Waals surface area contributed by atoms with Crippen molar-refractivity contribution < 1.29 is 29.0 Å². The van der Waals surface area contributed by atoms with Gasteiger partial charge in [-0.25, -0.2) is 0 Å². The number of carboxylic acids is 1. The number of rotatable bonds is 9. The molecule has 0 spiro atoms. The fourth-order valence-corrected chi connectivity index (χ4v) is 3.26. The number of carbonyl (C=O) groups is 3. The maximum absolute atomic E-state index is 12.7. The van der Waals surface area contributed by atoms with Gasteiger partial charge in [0.25, 0.3) is 0 Å². The average molecular weight is 378 g/mol. The van der Waals surface area contributed by atoms with E-state index < -0.39 is 17.4 Å². The SMILES string of the molecule is CCOc1ccccc1N1CC(C(=O)NC(C)(COC)CC(=O)O)CC1=O. The highest BCUT2D eigenvalue weighted by Crippen LogP contribution is 2.33. The number of carboxylic acid groups (broad SMARTS) is 1. The molecule has 8 heteroatoms. The van der Waals surface area contributed by atoms with Gasteiger partial charge in [-0.05, 0) is 26.0 Å². The van der Waals surface area contributed by atoms with E-state index in [1.165, 1.54) is 7.11 Å². The molecule has 2 rings (SSSR count). The molecule has 0 radical (unpaired) electrons. The maximum atomic E-state index is 12.7. The second-order valence-corrected chi connectivity index (χ2v) is 6.86. The average Bonchev–Trinajstić information content (AvgIpc) is 2.97. The quantitative estimate of drug-likeness (QED) is 0.674. The number of nitrogens with one attached hydrogen (secondary N) is 1. The van der Waals surface area contributed by atoms with Crippen LogP contribution in [-0.4, -0.2) is 55.3 Å². The molecule has 1 heterocycles. The second kappa shape index (κ2) is 8.85. The maximum Gasteiger partial charge on any atom is 0.305 e. The van der Waals surface area contributed by atoms with Crippen molar-refractivity contribution in [1.82, 2.24) is 5.32 Å². The van der Waals surface area contributed by atoms with Crippen molar-refractivity contribution in [3.63, 3.8) is 0 Å². The van der Waals surface area contributed by atoms with Crippen molar-refractivity contribution in [2.24, 2.45) is 5.92 Å². The van der Waals surface area contributed by atoms with Gasteiger partial charge in [0.2, 0.25) is 11.8 Å². The van der Waals surface area contributed by atoms with Gasteiger partial charge in [0.1, 0.15) is 5.75 Å². The lowest BCUT2D eigenvalue weighted by Gasteiger charge is -2.29. The van der Waals surface area contributed by atoms with Crippen LogP contribution in [0.25, 0.3) is 0 Å². The normalized spacial score (nSPS) is 18.9. The summed E-state index contributed by atoms with van der Waals surface area (Å²) in [4.78, 5) is 37.8. The lowest BCUT2D eigenvalue weighted by atomic mass is 9.97. The Morgan fingerprint density at radius 3 is 2.70 bits per heavy atom. The molecule has 2 amide bonds. The number of anilines is 1. The Kier molecular flexibility index (Phi) is 6.79. The minimum absolute atomic E-state index is 0.0580.